The molecule has 15 heavy (non-hydrogen) atoms. The Morgan fingerprint density at radius 3 is 2.67 bits per heavy atom. The smallest absolute Gasteiger partial charge is 0.176 e. The largest absolute Gasteiger partial charge is 0.508 e. The molecule has 2 rings (SSSR count). The molecule has 0 spiro atoms. The van der Waals surface area contributed by atoms with Crippen LogP contribution in [-0.2, 0) is 0 Å². The zero-order valence-electron chi connectivity index (χ0n) is 8.52. The molecule has 1 aliphatic rings. The number of likely N-dealkylation sites (tertiary alicyclic amines) is 1. The van der Waals surface area contributed by atoms with Gasteiger partial charge in [0.25, 0.3) is 0 Å². The Labute approximate surface area is 89.3 Å². The number of rotatable bonds is 3. The highest BCUT2D eigenvalue weighted by Gasteiger charge is 2.16. The number of phenolic OH excluding ortho intramolecular Hbond substituents is 1. The average Bonchev–Trinajstić information content (AvgIpc) is 2.71. The molecule has 3 heteroatoms. The minimum absolute atomic E-state index is 0.116. The molecule has 1 N–H and O–H groups in total. The highest BCUT2D eigenvalue weighted by atomic mass is 16.3. The standard InChI is InChI=1S/C12H14NO2/c14-11-5-3-10(4-6-11)12(15)9-13-7-1-2-8-13/h1,3-6,14H,2,7-9H2. The summed E-state index contributed by atoms with van der Waals surface area (Å²) in [6, 6.07) is 6.42. The van der Waals surface area contributed by atoms with Gasteiger partial charge in [-0.25, -0.2) is 0 Å². The van der Waals surface area contributed by atoms with E-state index in [2.05, 4.69) is 11.3 Å². The van der Waals surface area contributed by atoms with Gasteiger partial charge >= 0.3 is 0 Å². The maximum absolute atomic E-state index is 11.8. The van der Waals surface area contributed by atoms with Gasteiger partial charge in [0.05, 0.1) is 6.54 Å². The molecule has 1 radical (unpaired) electrons. The van der Waals surface area contributed by atoms with Crippen molar-refractivity contribution in [2.75, 3.05) is 19.6 Å². The van der Waals surface area contributed by atoms with Crippen LogP contribution in [0.1, 0.15) is 16.8 Å². The van der Waals surface area contributed by atoms with Crippen molar-refractivity contribution in [1.29, 1.82) is 0 Å². The number of carbonyl (C=O) groups excluding carboxylic acids is 1. The van der Waals surface area contributed by atoms with Crippen molar-refractivity contribution in [1.82, 2.24) is 4.90 Å². The first-order chi connectivity index (χ1) is 7.25. The van der Waals surface area contributed by atoms with E-state index in [1.165, 1.54) is 0 Å². The van der Waals surface area contributed by atoms with E-state index in [0.717, 1.165) is 19.5 Å². The van der Waals surface area contributed by atoms with Gasteiger partial charge in [0.15, 0.2) is 5.78 Å². The average molecular weight is 204 g/mol. The van der Waals surface area contributed by atoms with Crippen molar-refractivity contribution < 1.29 is 9.90 Å². The number of hydrogen-bond donors (Lipinski definition) is 1. The lowest BCUT2D eigenvalue weighted by atomic mass is 10.1. The van der Waals surface area contributed by atoms with Crippen LogP contribution in [0.2, 0.25) is 0 Å². The quantitative estimate of drug-likeness (QED) is 0.758. The van der Waals surface area contributed by atoms with Crippen LogP contribution in [-0.4, -0.2) is 35.4 Å². The first-order valence-corrected chi connectivity index (χ1v) is 5.12. The summed E-state index contributed by atoms with van der Waals surface area (Å²) in [5.74, 6) is 0.311. The number of phenols is 1. The number of Topliss-reactive ketones (excluding diaryl/α,β-unsaturated/α-hetero) is 1. The van der Waals surface area contributed by atoms with Crippen LogP contribution in [0.15, 0.2) is 24.3 Å². The zero-order valence-corrected chi connectivity index (χ0v) is 8.52. The van der Waals surface area contributed by atoms with E-state index >= 15 is 0 Å². The third-order valence-electron chi connectivity index (χ3n) is 2.59. The lowest BCUT2D eigenvalue weighted by Crippen LogP contribution is -2.26. The Hall–Kier alpha value is -1.35. The van der Waals surface area contributed by atoms with Crippen LogP contribution in [0.3, 0.4) is 0 Å². The van der Waals surface area contributed by atoms with Gasteiger partial charge < -0.3 is 5.11 Å². The second kappa shape index (κ2) is 4.45. The SMILES string of the molecule is O=C(CN1C[CH]CC1)c1ccc(O)cc1. The van der Waals surface area contributed by atoms with Crippen LogP contribution < -0.4 is 0 Å². The van der Waals surface area contributed by atoms with Crippen LogP contribution in [0.4, 0.5) is 0 Å². The van der Waals surface area contributed by atoms with Crippen molar-refractivity contribution in [3.63, 3.8) is 0 Å². The zero-order chi connectivity index (χ0) is 10.7. The fourth-order valence-electron chi connectivity index (χ4n) is 1.72. The summed E-state index contributed by atoms with van der Waals surface area (Å²) in [7, 11) is 0. The molecular formula is C12H14NO2. The second-order valence-corrected chi connectivity index (χ2v) is 3.78. The van der Waals surface area contributed by atoms with E-state index in [1.807, 2.05) is 0 Å². The third kappa shape index (κ3) is 2.57. The lowest BCUT2D eigenvalue weighted by Gasteiger charge is -2.12. The third-order valence-corrected chi connectivity index (χ3v) is 2.59. The molecule has 1 aliphatic heterocycles. The van der Waals surface area contributed by atoms with Gasteiger partial charge in [-0.05, 0) is 43.7 Å². The van der Waals surface area contributed by atoms with Crippen molar-refractivity contribution >= 4 is 5.78 Å². The molecule has 3 nitrogen and oxygen atoms in total. The molecule has 0 saturated carbocycles. The molecule has 1 saturated heterocycles. The summed E-state index contributed by atoms with van der Waals surface area (Å²) in [5, 5.41) is 9.10. The number of hydrogen-bond acceptors (Lipinski definition) is 3. The molecule has 79 valence electrons. The van der Waals surface area contributed by atoms with Gasteiger partial charge in [0, 0.05) is 12.1 Å². The summed E-state index contributed by atoms with van der Waals surface area (Å²) in [4.78, 5) is 13.9. The van der Waals surface area contributed by atoms with Crippen LogP contribution in [0, 0.1) is 6.42 Å². The van der Waals surface area contributed by atoms with Gasteiger partial charge in [-0.15, -0.1) is 0 Å². The minimum atomic E-state index is 0.116. The van der Waals surface area contributed by atoms with Gasteiger partial charge in [0.2, 0.25) is 0 Å². The molecule has 1 aromatic rings. The van der Waals surface area contributed by atoms with Gasteiger partial charge in [-0.1, -0.05) is 0 Å². The monoisotopic (exact) mass is 204 g/mol. The van der Waals surface area contributed by atoms with Crippen LogP contribution in [0.5, 0.6) is 5.75 Å². The van der Waals surface area contributed by atoms with Gasteiger partial charge in [0.1, 0.15) is 5.75 Å². The molecular weight excluding hydrogens is 190 g/mol. The topological polar surface area (TPSA) is 40.5 Å². The Balaban J connectivity index is 1.98. The first-order valence-electron chi connectivity index (χ1n) is 5.12. The van der Waals surface area contributed by atoms with Gasteiger partial charge in [-0.2, -0.15) is 0 Å². The Morgan fingerprint density at radius 1 is 1.33 bits per heavy atom. The molecule has 0 aliphatic carbocycles. The molecule has 0 unspecified atom stereocenters. The normalized spacial score (nSPS) is 16.8. The summed E-state index contributed by atoms with van der Waals surface area (Å²) < 4.78 is 0. The molecule has 0 atom stereocenters. The fraction of sp³-hybridized carbons (Fsp3) is 0.333. The highest BCUT2D eigenvalue weighted by molar-refractivity contribution is 5.97. The molecule has 1 fully saturated rings. The second-order valence-electron chi connectivity index (χ2n) is 3.78. The van der Waals surface area contributed by atoms with Crippen LogP contribution in [0.25, 0.3) is 0 Å². The number of nitrogens with zero attached hydrogens (tertiary/aromatic N) is 1. The summed E-state index contributed by atoms with van der Waals surface area (Å²) in [6.07, 6.45) is 3.26. The molecule has 0 aromatic heterocycles. The Kier molecular flexibility index (Phi) is 3.02. The van der Waals surface area contributed by atoms with E-state index in [0.29, 0.717) is 12.1 Å². The van der Waals surface area contributed by atoms with E-state index in [1.54, 1.807) is 24.3 Å². The Morgan fingerprint density at radius 2 is 2.07 bits per heavy atom. The van der Waals surface area contributed by atoms with E-state index < -0.39 is 0 Å². The number of carbonyl (C=O) groups is 1. The Bertz CT molecular complexity index is 339. The van der Waals surface area contributed by atoms with Crippen molar-refractivity contribution in [2.24, 2.45) is 0 Å². The van der Waals surface area contributed by atoms with Crippen LogP contribution >= 0.6 is 0 Å². The predicted octanol–water partition coefficient (Wildman–Crippen LogP) is 1.48. The van der Waals surface area contributed by atoms with E-state index in [4.69, 9.17) is 5.11 Å². The summed E-state index contributed by atoms with van der Waals surface area (Å²) >= 11 is 0. The minimum Gasteiger partial charge on any atom is -0.508 e. The van der Waals surface area contributed by atoms with Crippen molar-refractivity contribution in [3.05, 3.63) is 36.2 Å². The first kappa shape index (κ1) is 10.2. The highest BCUT2D eigenvalue weighted by Crippen LogP contribution is 2.12. The summed E-state index contributed by atoms with van der Waals surface area (Å²) in [5.41, 5.74) is 0.666. The predicted molar refractivity (Wildman–Crippen MR) is 57.8 cm³/mol. The number of ketones is 1. The molecule has 0 amide bonds. The lowest BCUT2D eigenvalue weighted by molar-refractivity contribution is 0.0946. The molecule has 1 heterocycles. The van der Waals surface area contributed by atoms with E-state index in [9.17, 15) is 4.79 Å². The van der Waals surface area contributed by atoms with Crippen molar-refractivity contribution in [2.45, 2.75) is 6.42 Å². The molecule has 1 aromatic carbocycles. The maximum atomic E-state index is 11.8. The fourth-order valence-corrected chi connectivity index (χ4v) is 1.72. The molecule has 0 bridgehead atoms. The summed E-state index contributed by atoms with van der Waals surface area (Å²) in [6.45, 7) is 2.36. The van der Waals surface area contributed by atoms with Gasteiger partial charge in [-0.3, -0.25) is 9.69 Å². The van der Waals surface area contributed by atoms with Crippen molar-refractivity contribution in [3.8, 4) is 5.75 Å². The number of aromatic hydroxyl groups is 1. The van der Waals surface area contributed by atoms with E-state index in [-0.39, 0.29) is 11.5 Å². The number of benzene rings is 1. The maximum Gasteiger partial charge on any atom is 0.176 e.